The minimum Gasteiger partial charge on any atom is -0.413 e. The molecule has 0 radical (unpaired) electrons. The van der Waals surface area contributed by atoms with E-state index in [1.165, 1.54) is 0 Å². The van der Waals surface area contributed by atoms with Crippen molar-refractivity contribution in [1.82, 2.24) is 4.90 Å². The van der Waals surface area contributed by atoms with E-state index in [1.807, 2.05) is 4.90 Å². The first kappa shape index (κ1) is 20.3. The molecule has 2 fully saturated rings. The van der Waals surface area contributed by atoms with Crippen LogP contribution in [0.2, 0.25) is 18.1 Å². The van der Waals surface area contributed by atoms with Gasteiger partial charge in [0.15, 0.2) is 8.32 Å². The van der Waals surface area contributed by atoms with E-state index < -0.39 is 14.2 Å². The lowest BCUT2D eigenvalue weighted by Crippen LogP contribution is -2.50. The highest BCUT2D eigenvalue weighted by atomic mass is 28.4. The Bertz CT molecular complexity index is 520. The Labute approximate surface area is 152 Å². The number of rotatable bonds is 5. The molecule has 2 rings (SSSR count). The van der Waals surface area contributed by atoms with Crippen molar-refractivity contribution in [2.75, 3.05) is 26.3 Å². The second-order valence-corrected chi connectivity index (χ2v) is 13.4. The quantitative estimate of drug-likeness (QED) is 0.554. The summed E-state index contributed by atoms with van der Waals surface area (Å²) in [4.78, 5) is 27.6. The number of carbonyl (C=O) groups excluding carboxylic acids is 2. The molecule has 6 heteroatoms. The first-order chi connectivity index (χ1) is 11.6. The zero-order valence-corrected chi connectivity index (χ0v) is 17.3. The summed E-state index contributed by atoms with van der Waals surface area (Å²) in [5.41, 5.74) is 0. The molecule has 1 amide bonds. The van der Waals surface area contributed by atoms with Crippen LogP contribution in [0.4, 0.5) is 0 Å². The summed E-state index contributed by atoms with van der Waals surface area (Å²) < 4.78 is 11.9. The molecular weight excluding hydrogens is 334 g/mol. The molecule has 0 unspecified atom stereocenters. The molecule has 2 aliphatic rings. The van der Waals surface area contributed by atoms with Gasteiger partial charge in [0.25, 0.3) is 0 Å². The molecule has 1 saturated heterocycles. The van der Waals surface area contributed by atoms with Gasteiger partial charge in [0.2, 0.25) is 5.91 Å². The Kier molecular flexibility index (Phi) is 6.28. The molecule has 0 aromatic rings. The Balaban J connectivity index is 2.25. The van der Waals surface area contributed by atoms with Crippen LogP contribution in [0, 0.1) is 11.8 Å². The fourth-order valence-corrected chi connectivity index (χ4v) is 4.73. The van der Waals surface area contributed by atoms with E-state index in [-0.39, 0.29) is 28.8 Å². The van der Waals surface area contributed by atoms with E-state index in [9.17, 15) is 9.59 Å². The second kappa shape index (κ2) is 7.72. The molecular formula is C19H33NO4Si. The van der Waals surface area contributed by atoms with Crippen molar-refractivity contribution < 1.29 is 18.8 Å². The van der Waals surface area contributed by atoms with Crippen molar-refractivity contribution in [3.05, 3.63) is 12.7 Å². The van der Waals surface area contributed by atoms with Crippen LogP contribution in [0.1, 0.15) is 33.6 Å². The smallest absolute Gasteiger partial charge is 0.229 e. The Morgan fingerprint density at radius 2 is 1.96 bits per heavy atom. The molecule has 1 aliphatic heterocycles. The average Bonchev–Trinajstić information content (AvgIpc) is 2.82. The lowest BCUT2D eigenvalue weighted by Gasteiger charge is -2.40. The maximum Gasteiger partial charge on any atom is 0.229 e. The number of hydrogen-bond donors (Lipinski definition) is 0. The van der Waals surface area contributed by atoms with E-state index in [0.29, 0.717) is 39.1 Å². The van der Waals surface area contributed by atoms with Gasteiger partial charge < -0.3 is 14.1 Å². The molecule has 0 aromatic carbocycles. The van der Waals surface area contributed by atoms with Gasteiger partial charge in [-0.2, -0.15) is 0 Å². The van der Waals surface area contributed by atoms with E-state index in [4.69, 9.17) is 9.16 Å². The standard InChI is InChI=1S/C19H33NO4Si/c1-7-8-14-15(21)13-16(24-25(5,6)19(2,3)4)17(14)18(22)20-9-11-23-12-10-20/h7,14,16-17H,1,8-13H2,2-6H3/t14-,16+,17+/m1/s1. The predicted molar refractivity (Wildman–Crippen MR) is 101 cm³/mol. The van der Waals surface area contributed by atoms with E-state index in [1.54, 1.807) is 6.08 Å². The number of carbonyl (C=O) groups is 2. The molecule has 25 heavy (non-hydrogen) atoms. The van der Waals surface area contributed by atoms with Gasteiger partial charge in [0.05, 0.1) is 25.2 Å². The van der Waals surface area contributed by atoms with Gasteiger partial charge in [-0.1, -0.05) is 26.8 Å². The molecule has 1 heterocycles. The first-order valence-corrected chi connectivity index (χ1v) is 12.2. The Hall–Kier alpha value is -0.983. The van der Waals surface area contributed by atoms with Crippen molar-refractivity contribution >= 4 is 20.0 Å². The van der Waals surface area contributed by atoms with Crippen LogP contribution in [0.15, 0.2) is 12.7 Å². The number of allylic oxidation sites excluding steroid dienone is 1. The van der Waals surface area contributed by atoms with Crippen molar-refractivity contribution in [2.24, 2.45) is 11.8 Å². The summed E-state index contributed by atoms with van der Waals surface area (Å²) in [6.07, 6.45) is 2.31. The fraction of sp³-hybridized carbons (Fsp3) is 0.789. The third kappa shape index (κ3) is 4.41. The number of nitrogens with zero attached hydrogens (tertiary/aromatic N) is 1. The van der Waals surface area contributed by atoms with Gasteiger partial charge in [-0.15, -0.1) is 6.58 Å². The molecule has 0 spiro atoms. The largest absolute Gasteiger partial charge is 0.413 e. The van der Waals surface area contributed by atoms with Gasteiger partial charge >= 0.3 is 0 Å². The fourth-order valence-electron chi connectivity index (χ4n) is 3.39. The number of Topliss-reactive ketones (excluding diaryl/α,β-unsaturated/α-hetero) is 1. The predicted octanol–water partition coefficient (Wildman–Crippen LogP) is 3.02. The maximum absolute atomic E-state index is 13.2. The molecule has 0 N–H and O–H groups in total. The number of ether oxygens (including phenoxy) is 1. The lowest BCUT2D eigenvalue weighted by molar-refractivity contribution is -0.144. The number of amides is 1. The Morgan fingerprint density at radius 3 is 2.48 bits per heavy atom. The minimum atomic E-state index is -2.06. The van der Waals surface area contributed by atoms with Crippen LogP contribution in [0.25, 0.3) is 0 Å². The van der Waals surface area contributed by atoms with Crippen molar-refractivity contribution in [2.45, 2.75) is 57.8 Å². The third-order valence-electron chi connectivity index (χ3n) is 5.93. The van der Waals surface area contributed by atoms with E-state index in [2.05, 4.69) is 40.4 Å². The molecule has 0 aromatic heterocycles. The first-order valence-electron chi connectivity index (χ1n) is 9.26. The molecule has 142 valence electrons. The maximum atomic E-state index is 13.2. The van der Waals surface area contributed by atoms with Gasteiger partial charge in [0, 0.05) is 25.4 Å². The average molecular weight is 368 g/mol. The summed E-state index contributed by atoms with van der Waals surface area (Å²) in [6.45, 7) is 17.0. The van der Waals surface area contributed by atoms with Crippen LogP contribution in [-0.4, -0.2) is 57.3 Å². The monoisotopic (exact) mass is 367 g/mol. The summed E-state index contributed by atoms with van der Waals surface area (Å²) in [5, 5.41) is 0.0408. The normalized spacial score (nSPS) is 28.3. The molecule has 5 nitrogen and oxygen atoms in total. The van der Waals surface area contributed by atoms with Gasteiger partial charge in [-0.25, -0.2) is 0 Å². The topological polar surface area (TPSA) is 55.8 Å². The molecule has 1 saturated carbocycles. The van der Waals surface area contributed by atoms with Crippen LogP contribution in [-0.2, 0) is 18.8 Å². The summed E-state index contributed by atoms with van der Waals surface area (Å²) in [6, 6.07) is 0. The van der Waals surface area contributed by atoms with Crippen molar-refractivity contribution in [3.8, 4) is 0 Å². The van der Waals surface area contributed by atoms with Crippen LogP contribution in [0.3, 0.4) is 0 Å². The van der Waals surface area contributed by atoms with Gasteiger partial charge in [0.1, 0.15) is 5.78 Å². The minimum absolute atomic E-state index is 0.0408. The molecule has 1 aliphatic carbocycles. The zero-order chi connectivity index (χ0) is 18.8. The summed E-state index contributed by atoms with van der Waals surface area (Å²) in [7, 11) is -2.06. The van der Waals surface area contributed by atoms with Crippen LogP contribution < -0.4 is 0 Å². The summed E-state index contributed by atoms with van der Waals surface area (Å²) >= 11 is 0. The number of ketones is 1. The molecule has 0 bridgehead atoms. The van der Waals surface area contributed by atoms with Crippen molar-refractivity contribution in [1.29, 1.82) is 0 Å². The van der Waals surface area contributed by atoms with E-state index in [0.717, 1.165) is 0 Å². The van der Waals surface area contributed by atoms with Gasteiger partial charge in [-0.05, 0) is 24.6 Å². The van der Waals surface area contributed by atoms with E-state index >= 15 is 0 Å². The highest BCUT2D eigenvalue weighted by Gasteiger charge is 2.51. The number of hydrogen-bond acceptors (Lipinski definition) is 4. The highest BCUT2D eigenvalue weighted by molar-refractivity contribution is 6.74. The SMILES string of the molecule is C=CC[C@@H]1C(=O)C[C@H](O[Si](C)(C)C(C)(C)C)[C@H]1C(=O)N1CCOCC1. The Morgan fingerprint density at radius 1 is 1.36 bits per heavy atom. The van der Waals surface area contributed by atoms with Crippen LogP contribution >= 0.6 is 0 Å². The summed E-state index contributed by atoms with van der Waals surface area (Å²) in [5.74, 6) is -0.514. The van der Waals surface area contributed by atoms with Gasteiger partial charge in [-0.3, -0.25) is 9.59 Å². The highest BCUT2D eigenvalue weighted by Crippen LogP contribution is 2.42. The zero-order valence-electron chi connectivity index (χ0n) is 16.3. The third-order valence-corrected chi connectivity index (χ3v) is 10.4. The number of morpholine rings is 1. The molecule has 3 atom stereocenters. The lowest BCUT2D eigenvalue weighted by atomic mass is 9.90. The second-order valence-electron chi connectivity index (χ2n) is 8.68. The van der Waals surface area contributed by atoms with Crippen molar-refractivity contribution in [3.63, 3.8) is 0 Å². The van der Waals surface area contributed by atoms with Crippen LogP contribution in [0.5, 0.6) is 0 Å².